The Labute approximate surface area is 109 Å². The molecule has 1 heterocycles. The molecule has 0 aliphatic heterocycles. The van der Waals surface area contributed by atoms with Gasteiger partial charge in [-0.05, 0) is 37.2 Å². The van der Waals surface area contributed by atoms with E-state index in [0.29, 0.717) is 17.4 Å². The van der Waals surface area contributed by atoms with Gasteiger partial charge in [-0.25, -0.2) is 9.37 Å². The molecule has 3 rings (SSSR count). The molecule has 0 amide bonds. The van der Waals surface area contributed by atoms with E-state index < -0.39 is 5.82 Å². The SMILES string of the molecule is Fc1cnc(=S)[nH]c1-c1cccc(OC2CC2)c1. The Bertz CT molecular complexity index is 637. The van der Waals surface area contributed by atoms with Crippen LogP contribution in [0.4, 0.5) is 4.39 Å². The van der Waals surface area contributed by atoms with Crippen molar-refractivity contribution in [2.24, 2.45) is 0 Å². The molecular weight excluding hydrogens is 251 g/mol. The van der Waals surface area contributed by atoms with Gasteiger partial charge in [-0.3, -0.25) is 0 Å². The van der Waals surface area contributed by atoms with Crippen molar-refractivity contribution in [3.63, 3.8) is 0 Å². The van der Waals surface area contributed by atoms with Gasteiger partial charge in [0.2, 0.25) is 0 Å². The Hall–Kier alpha value is -1.75. The van der Waals surface area contributed by atoms with Crippen LogP contribution in [0.5, 0.6) is 5.75 Å². The first-order valence-electron chi connectivity index (χ1n) is 5.74. The van der Waals surface area contributed by atoms with Gasteiger partial charge in [-0.1, -0.05) is 12.1 Å². The summed E-state index contributed by atoms with van der Waals surface area (Å²) in [5.74, 6) is 0.331. The Kier molecular flexibility index (Phi) is 2.83. The van der Waals surface area contributed by atoms with Crippen LogP contribution in [0.2, 0.25) is 0 Å². The maximum absolute atomic E-state index is 13.7. The Balaban J connectivity index is 1.99. The van der Waals surface area contributed by atoms with Gasteiger partial charge < -0.3 is 9.72 Å². The predicted octanol–water partition coefficient (Wildman–Crippen LogP) is 3.49. The second-order valence-electron chi connectivity index (χ2n) is 4.26. The third-order valence-electron chi connectivity index (χ3n) is 2.72. The normalized spacial score (nSPS) is 14.5. The highest BCUT2D eigenvalue weighted by Crippen LogP contribution is 2.29. The van der Waals surface area contributed by atoms with Crippen LogP contribution in [0, 0.1) is 10.6 Å². The van der Waals surface area contributed by atoms with Crippen LogP contribution in [0.15, 0.2) is 30.5 Å². The summed E-state index contributed by atoms with van der Waals surface area (Å²) in [6, 6.07) is 7.32. The lowest BCUT2D eigenvalue weighted by atomic mass is 10.1. The fourth-order valence-electron chi connectivity index (χ4n) is 1.69. The highest BCUT2D eigenvalue weighted by atomic mass is 32.1. The fourth-order valence-corrected chi connectivity index (χ4v) is 1.85. The van der Waals surface area contributed by atoms with Gasteiger partial charge in [-0.15, -0.1) is 0 Å². The second-order valence-corrected chi connectivity index (χ2v) is 4.64. The summed E-state index contributed by atoms with van der Waals surface area (Å²) in [5, 5.41) is 0. The number of aromatic nitrogens is 2. The van der Waals surface area contributed by atoms with Gasteiger partial charge in [0.15, 0.2) is 10.6 Å². The summed E-state index contributed by atoms with van der Waals surface area (Å²) in [4.78, 5) is 6.46. The number of rotatable bonds is 3. The molecule has 1 aliphatic carbocycles. The topological polar surface area (TPSA) is 37.9 Å². The van der Waals surface area contributed by atoms with Crippen LogP contribution in [-0.4, -0.2) is 16.1 Å². The molecule has 0 unspecified atom stereocenters. The van der Waals surface area contributed by atoms with Crippen molar-refractivity contribution in [3.05, 3.63) is 41.1 Å². The summed E-state index contributed by atoms with van der Waals surface area (Å²) in [7, 11) is 0. The van der Waals surface area contributed by atoms with E-state index in [1.165, 1.54) is 0 Å². The number of hydrogen-bond donors (Lipinski definition) is 1. The van der Waals surface area contributed by atoms with Crippen molar-refractivity contribution >= 4 is 12.2 Å². The minimum absolute atomic E-state index is 0.264. The molecule has 1 N–H and O–H groups in total. The van der Waals surface area contributed by atoms with Crippen molar-refractivity contribution in [1.29, 1.82) is 0 Å². The molecule has 3 nitrogen and oxygen atoms in total. The standard InChI is InChI=1S/C13H11FN2OS/c14-11-7-15-13(18)16-12(11)8-2-1-3-10(6-8)17-9-4-5-9/h1-3,6-7,9H,4-5H2,(H,15,16,18). The Morgan fingerprint density at radius 1 is 1.39 bits per heavy atom. The van der Waals surface area contributed by atoms with Crippen molar-refractivity contribution in [1.82, 2.24) is 9.97 Å². The maximum Gasteiger partial charge on any atom is 0.197 e. The first kappa shape index (κ1) is 11.3. The van der Waals surface area contributed by atoms with Crippen LogP contribution >= 0.6 is 12.2 Å². The molecule has 0 atom stereocenters. The number of nitrogens with zero attached hydrogens (tertiary/aromatic N) is 1. The molecule has 1 aromatic heterocycles. The molecule has 2 aromatic rings. The molecular formula is C13H11FN2OS. The number of ether oxygens (including phenoxy) is 1. The molecule has 1 aliphatic rings. The van der Waals surface area contributed by atoms with Crippen LogP contribution in [0.25, 0.3) is 11.3 Å². The van der Waals surface area contributed by atoms with E-state index in [9.17, 15) is 4.39 Å². The zero-order valence-electron chi connectivity index (χ0n) is 9.52. The summed E-state index contributed by atoms with van der Waals surface area (Å²) in [6.45, 7) is 0. The zero-order chi connectivity index (χ0) is 12.5. The zero-order valence-corrected chi connectivity index (χ0v) is 10.3. The minimum atomic E-state index is -0.424. The number of nitrogens with one attached hydrogen (secondary N) is 1. The van der Waals surface area contributed by atoms with E-state index in [0.717, 1.165) is 24.8 Å². The lowest BCUT2D eigenvalue weighted by Crippen LogP contribution is -1.97. The van der Waals surface area contributed by atoms with Gasteiger partial charge >= 0.3 is 0 Å². The summed E-state index contributed by atoms with van der Waals surface area (Å²) in [5.41, 5.74) is 1.05. The molecule has 0 spiro atoms. The van der Waals surface area contributed by atoms with E-state index in [1.54, 1.807) is 0 Å². The van der Waals surface area contributed by atoms with Crippen LogP contribution in [0.1, 0.15) is 12.8 Å². The Morgan fingerprint density at radius 3 is 3.00 bits per heavy atom. The lowest BCUT2D eigenvalue weighted by Gasteiger charge is -2.07. The molecule has 0 bridgehead atoms. The lowest BCUT2D eigenvalue weighted by molar-refractivity contribution is 0.303. The first-order valence-corrected chi connectivity index (χ1v) is 6.15. The molecule has 1 aromatic carbocycles. The highest BCUT2D eigenvalue weighted by molar-refractivity contribution is 7.71. The van der Waals surface area contributed by atoms with Crippen molar-refractivity contribution < 1.29 is 9.13 Å². The molecule has 18 heavy (non-hydrogen) atoms. The minimum Gasteiger partial charge on any atom is -0.490 e. The second kappa shape index (κ2) is 4.49. The molecule has 1 fully saturated rings. The van der Waals surface area contributed by atoms with Gasteiger partial charge in [0.25, 0.3) is 0 Å². The van der Waals surface area contributed by atoms with Gasteiger partial charge in [-0.2, -0.15) is 0 Å². The van der Waals surface area contributed by atoms with E-state index in [4.69, 9.17) is 17.0 Å². The summed E-state index contributed by atoms with van der Waals surface area (Å²) >= 11 is 4.91. The third kappa shape index (κ3) is 2.41. The molecule has 1 saturated carbocycles. The van der Waals surface area contributed by atoms with Crippen molar-refractivity contribution in [2.45, 2.75) is 18.9 Å². The largest absolute Gasteiger partial charge is 0.490 e. The number of H-pyrrole nitrogens is 1. The smallest absolute Gasteiger partial charge is 0.197 e. The van der Waals surface area contributed by atoms with Crippen molar-refractivity contribution in [2.75, 3.05) is 0 Å². The molecule has 0 saturated heterocycles. The van der Waals surface area contributed by atoms with Gasteiger partial charge in [0.1, 0.15) is 5.75 Å². The van der Waals surface area contributed by atoms with E-state index >= 15 is 0 Å². The summed E-state index contributed by atoms with van der Waals surface area (Å²) < 4.78 is 19.6. The van der Waals surface area contributed by atoms with E-state index in [-0.39, 0.29) is 4.77 Å². The first-order chi connectivity index (χ1) is 8.72. The van der Waals surface area contributed by atoms with Crippen LogP contribution in [0.3, 0.4) is 0 Å². The average Bonchev–Trinajstić information content (AvgIpc) is 3.16. The van der Waals surface area contributed by atoms with E-state index in [1.807, 2.05) is 24.3 Å². The number of hydrogen-bond acceptors (Lipinski definition) is 3. The number of benzene rings is 1. The number of halogens is 1. The maximum atomic E-state index is 13.7. The van der Waals surface area contributed by atoms with Crippen LogP contribution < -0.4 is 4.74 Å². The average molecular weight is 262 g/mol. The number of aromatic amines is 1. The van der Waals surface area contributed by atoms with Gasteiger partial charge in [0, 0.05) is 5.56 Å². The third-order valence-corrected chi connectivity index (χ3v) is 2.92. The predicted molar refractivity (Wildman–Crippen MR) is 68.5 cm³/mol. The summed E-state index contributed by atoms with van der Waals surface area (Å²) in [6.07, 6.45) is 3.64. The molecule has 92 valence electrons. The van der Waals surface area contributed by atoms with E-state index in [2.05, 4.69) is 9.97 Å². The van der Waals surface area contributed by atoms with Crippen molar-refractivity contribution in [3.8, 4) is 17.0 Å². The Morgan fingerprint density at radius 2 is 2.22 bits per heavy atom. The quantitative estimate of drug-likeness (QED) is 0.860. The molecule has 5 heteroatoms. The van der Waals surface area contributed by atoms with Crippen LogP contribution in [-0.2, 0) is 0 Å². The molecule has 0 radical (unpaired) electrons. The van der Waals surface area contributed by atoms with Gasteiger partial charge in [0.05, 0.1) is 18.0 Å². The highest BCUT2D eigenvalue weighted by Gasteiger charge is 2.23. The monoisotopic (exact) mass is 262 g/mol. The fraction of sp³-hybridized carbons (Fsp3) is 0.231.